The van der Waals surface area contributed by atoms with E-state index in [2.05, 4.69) is 15.3 Å². The zero-order valence-corrected chi connectivity index (χ0v) is 8.82. The van der Waals surface area contributed by atoms with Crippen molar-refractivity contribution in [2.75, 3.05) is 11.1 Å². The third kappa shape index (κ3) is 2.87. The normalized spacial score (nSPS) is 10.2. The molecule has 0 atom stereocenters. The van der Waals surface area contributed by atoms with Crippen molar-refractivity contribution in [1.82, 2.24) is 9.97 Å². The first-order chi connectivity index (χ1) is 8.15. The van der Waals surface area contributed by atoms with E-state index in [-0.39, 0.29) is 6.54 Å². The fraction of sp³-hybridized carbons (Fsp3) is 0.0909. The van der Waals surface area contributed by atoms with Gasteiger partial charge in [-0.3, -0.25) is 0 Å². The molecule has 88 valence electrons. The highest BCUT2D eigenvalue weighted by molar-refractivity contribution is 5.37. The maximum Gasteiger partial charge on any atom is 0.144 e. The van der Waals surface area contributed by atoms with Crippen LogP contribution in [-0.2, 0) is 6.54 Å². The first kappa shape index (κ1) is 11.3. The van der Waals surface area contributed by atoms with Gasteiger partial charge in [0.15, 0.2) is 0 Å². The van der Waals surface area contributed by atoms with Crippen molar-refractivity contribution >= 4 is 11.6 Å². The summed E-state index contributed by atoms with van der Waals surface area (Å²) in [6.45, 7) is 0.199. The van der Waals surface area contributed by atoms with Gasteiger partial charge in [0.25, 0.3) is 0 Å². The Morgan fingerprint density at radius 1 is 1.18 bits per heavy atom. The van der Waals surface area contributed by atoms with Crippen LogP contribution in [0.4, 0.5) is 20.4 Å². The van der Waals surface area contributed by atoms with E-state index in [0.29, 0.717) is 17.2 Å². The van der Waals surface area contributed by atoms with Crippen molar-refractivity contribution in [1.29, 1.82) is 0 Å². The van der Waals surface area contributed by atoms with Gasteiger partial charge in [0, 0.05) is 18.2 Å². The minimum absolute atomic E-state index is 0.199. The van der Waals surface area contributed by atoms with Gasteiger partial charge in [-0.2, -0.15) is 0 Å². The Morgan fingerprint density at radius 2 is 2.00 bits per heavy atom. The van der Waals surface area contributed by atoms with E-state index in [4.69, 9.17) is 5.73 Å². The largest absolute Gasteiger partial charge is 0.382 e. The van der Waals surface area contributed by atoms with E-state index in [9.17, 15) is 8.78 Å². The Bertz CT molecular complexity index is 513. The van der Waals surface area contributed by atoms with Crippen molar-refractivity contribution in [2.45, 2.75) is 6.54 Å². The Labute approximate surface area is 96.5 Å². The number of halogens is 2. The number of hydrogen-bond donors (Lipinski definition) is 2. The molecule has 6 heteroatoms. The minimum atomic E-state index is -0.599. The van der Waals surface area contributed by atoms with Crippen LogP contribution in [0, 0.1) is 11.6 Å². The quantitative estimate of drug-likeness (QED) is 0.854. The molecule has 2 rings (SSSR count). The van der Waals surface area contributed by atoms with Gasteiger partial charge in [-0.25, -0.2) is 18.7 Å². The molecule has 1 aromatic carbocycles. The van der Waals surface area contributed by atoms with Gasteiger partial charge >= 0.3 is 0 Å². The maximum absolute atomic E-state index is 13.3. The summed E-state index contributed by atoms with van der Waals surface area (Å²) < 4.78 is 25.9. The van der Waals surface area contributed by atoms with Crippen LogP contribution >= 0.6 is 0 Å². The lowest BCUT2D eigenvalue weighted by atomic mass is 10.2. The lowest BCUT2D eigenvalue weighted by Gasteiger charge is -2.06. The molecule has 0 aliphatic carbocycles. The lowest BCUT2D eigenvalue weighted by molar-refractivity contribution is 0.574. The number of aromatic nitrogens is 2. The molecular weight excluding hydrogens is 226 g/mol. The second-order valence-corrected chi connectivity index (χ2v) is 3.42. The number of anilines is 2. The smallest absolute Gasteiger partial charge is 0.144 e. The molecule has 0 radical (unpaired) electrons. The van der Waals surface area contributed by atoms with Gasteiger partial charge in [-0.1, -0.05) is 6.07 Å². The number of benzene rings is 1. The molecule has 0 unspecified atom stereocenters. The second-order valence-electron chi connectivity index (χ2n) is 3.42. The summed E-state index contributed by atoms with van der Waals surface area (Å²) in [5.74, 6) is -0.411. The molecule has 0 bridgehead atoms. The average molecular weight is 236 g/mol. The van der Waals surface area contributed by atoms with E-state index in [1.807, 2.05) is 0 Å². The summed E-state index contributed by atoms with van der Waals surface area (Å²) in [7, 11) is 0. The zero-order chi connectivity index (χ0) is 12.3. The van der Waals surface area contributed by atoms with Crippen LogP contribution in [0.25, 0.3) is 0 Å². The fourth-order valence-corrected chi connectivity index (χ4v) is 1.28. The Kier molecular flexibility index (Phi) is 3.13. The third-order valence-corrected chi connectivity index (χ3v) is 2.15. The predicted molar refractivity (Wildman–Crippen MR) is 60.1 cm³/mol. The van der Waals surface area contributed by atoms with Crippen LogP contribution in [0.1, 0.15) is 5.56 Å². The highest BCUT2D eigenvalue weighted by Gasteiger charge is 2.03. The highest BCUT2D eigenvalue weighted by Crippen LogP contribution is 2.11. The molecule has 2 aromatic rings. The second kappa shape index (κ2) is 4.73. The molecule has 0 fully saturated rings. The lowest BCUT2D eigenvalue weighted by Crippen LogP contribution is -2.04. The maximum atomic E-state index is 13.3. The van der Waals surface area contributed by atoms with Crippen molar-refractivity contribution in [2.24, 2.45) is 0 Å². The van der Waals surface area contributed by atoms with E-state index in [1.54, 1.807) is 0 Å². The number of nitrogen functional groups attached to an aromatic ring is 1. The molecule has 0 aliphatic heterocycles. The predicted octanol–water partition coefficient (Wildman–Crippen LogP) is 1.95. The van der Waals surface area contributed by atoms with E-state index in [0.717, 1.165) is 6.07 Å². The Morgan fingerprint density at radius 3 is 2.65 bits per heavy atom. The van der Waals surface area contributed by atoms with Crippen molar-refractivity contribution in [3.63, 3.8) is 0 Å². The van der Waals surface area contributed by atoms with Crippen LogP contribution in [-0.4, -0.2) is 9.97 Å². The molecule has 0 saturated carbocycles. The van der Waals surface area contributed by atoms with Crippen LogP contribution in [0.15, 0.2) is 30.6 Å². The summed E-state index contributed by atoms with van der Waals surface area (Å²) in [4.78, 5) is 7.77. The molecule has 3 N–H and O–H groups in total. The summed E-state index contributed by atoms with van der Waals surface area (Å²) >= 11 is 0. The number of nitrogens with one attached hydrogen (secondary N) is 1. The third-order valence-electron chi connectivity index (χ3n) is 2.15. The number of nitrogens with two attached hydrogens (primary N) is 1. The highest BCUT2D eigenvalue weighted by atomic mass is 19.1. The van der Waals surface area contributed by atoms with Crippen molar-refractivity contribution < 1.29 is 8.78 Å². The van der Waals surface area contributed by atoms with Crippen LogP contribution in [0.3, 0.4) is 0 Å². The van der Waals surface area contributed by atoms with Crippen molar-refractivity contribution in [3.8, 4) is 0 Å². The van der Waals surface area contributed by atoms with Crippen LogP contribution in [0.2, 0.25) is 0 Å². The summed E-state index contributed by atoms with van der Waals surface area (Å²) in [5.41, 5.74) is 5.72. The molecule has 1 heterocycles. The number of nitrogens with zero attached hydrogens (tertiary/aromatic N) is 2. The fourth-order valence-electron chi connectivity index (χ4n) is 1.28. The van der Waals surface area contributed by atoms with Crippen LogP contribution in [0.5, 0.6) is 0 Å². The molecule has 17 heavy (non-hydrogen) atoms. The summed E-state index contributed by atoms with van der Waals surface area (Å²) in [6.07, 6.45) is 2.83. The first-order valence-electron chi connectivity index (χ1n) is 4.90. The van der Waals surface area contributed by atoms with E-state index >= 15 is 0 Å². The molecule has 1 aromatic heterocycles. The number of hydrogen-bond acceptors (Lipinski definition) is 4. The summed E-state index contributed by atoms with van der Waals surface area (Å²) in [5, 5.41) is 2.86. The average Bonchev–Trinajstić information content (AvgIpc) is 2.30. The van der Waals surface area contributed by atoms with E-state index < -0.39 is 11.6 Å². The Hall–Kier alpha value is -2.24. The molecule has 4 nitrogen and oxygen atoms in total. The van der Waals surface area contributed by atoms with Gasteiger partial charge in [-0.15, -0.1) is 0 Å². The van der Waals surface area contributed by atoms with Gasteiger partial charge in [0.05, 0.1) is 12.4 Å². The summed E-state index contributed by atoms with van der Waals surface area (Å²) in [6, 6.07) is 3.42. The molecule has 0 spiro atoms. The SMILES string of the molecule is Nc1cnc(NCc2ccc(F)cc2F)cn1. The van der Waals surface area contributed by atoms with E-state index in [1.165, 1.54) is 24.5 Å². The molecular formula is C11H10F2N4. The standard InChI is InChI=1S/C11H10F2N4/c12-8-2-1-7(9(13)3-8)4-16-11-6-15-10(14)5-17-11/h1-3,5-6H,4H2,(H2,14,15)(H,16,17). The molecule has 0 saturated heterocycles. The Balaban J connectivity index is 2.04. The van der Waals surface area contributed by atoms with Gasteiger partial charge in [0.2, 0.25) is 0 Å². The van der Waals surface area contributed by atoms with Crippen molar-refractivity contribution in [3.05, 3.63) is 47.8 Å². The molecule has 0 aliphatic rings. The monoisotopic (exact) mass is 236 g/mol. The van der Waals surface area contributed by atoms with Gasteiger partial charge < -0.3 is 11.1 Å². The van der Waals surface area contributed by atoms with Gasteiger partial charge in [0.1, 0.15) is 23.3 Å². The zero-order valence-electron chi connectivity index (χ0n) is 8.82. The van der Waals surface area contributed by atoms with Crippen LogP contribution < -0.4 is 11.1 Å². The number of rotatable bonds is 3. The first-order valence-corrected chi connectivity index (χ1v) is 4.90. The van der Waals surface area contributed by atoms with Gasteiger partial charge in [-0.05, 0) is 6.07 Å². The topological polar surface area (TPSA) is 63.8 Å². The molecule has 0 amide bonds. The minimum Gasteiger partial charge on any atom is -0.382 e.